The van der Waals surface area contributed by atoms with Crippen LogP contribution < -0.4 is 9.47 Å². The van der Waals surface area contributed by atoms with Crippen LogP contribution in [0.4, 0.5) is 8.78 Å². The van der Waals surface area contributed by atoms with Crippen LogP contribution >= 0.6 is 0 Å². The molecule has 0 atom stereocenters. The molecule has 2 rings (SSSR count). The second kappa shape index (κ2) is 5.69. The van der Waals surface area contributed by atoms with Crippen molar-refractivity contribution in [2.24, 2.45) is 0 Å². The fourth-order valence-electron chi connectivity index (χ4n) is 1.84. The zero-order valence-electron chi connectivity index (χ0n) is 10.9. The van der Waals surface area contributed by atoms with Crippen LogP contribution in [0.3, 0.4) is 0 Å². The quantitative estimate of drug-likeness (QED) is 0.806. The minimum Gasteiger partial charge on any atom is -0.493 e. The average molecular weight is 278 g/mol. The van der Waals surface area contributed by atoms with Crippen molar-refractivity contribution in [3.8, 4) is 11.5 Å². The predicted octanol–water partition coefficient (Wildman–Crippen LogP) is 3.21. The Hall–Kier alpha value is -2.43. The summed E-state index contributed by atoms with van der Waals surface area (Å²) in [6, 6.07) is 7.59. The molecule has 0 bridgehead atoms. The van der Waals surface area contributed by atoms with E-state index in [0.717, 1.165) is 12.1 Å². The zero-order chi connectivity index (χ0) is 14.7. The van der Waals surface area contributed by atoms with Crippen LogP contribution in [-0.2, 0) is 0 Å². The van der Waals surface area contributed by atoms with Crippen molar-refractivity contribution in [3.63, 3.8) is 0 Å². The summed E-state index contributed by atoms with van der Waals surface area (Å²) in [5.74, 6) is -1.80. The predicted molar refractivity (Wildman–Crippen MR) is 69.3 cm³/mol. The summed E-state index contributed by atoms with van der Waals surface area (Å²) < 4.78 is 37.3. The van der Waals surface area contributed by atoms with Crippen LogP contribution in [0.2, 0.25) is 0 Å². The van der Waals surface area contributed by atoms with Gasteiger partial charge < -0.3 is 9.47 Å². The van der Waals surface area contributed by atoms with E-state index in [9.17, 15) is 13.6 Å². The molecule has 0 unspecified atom stereocenters. The first kappa shape index (κ1) is 14.0. The lowest BCUT2D eigenvalue weighted by atomic mass is 10.0. The third kappa shape index (κ3) is 2.47. The Morgan fingerprint density at radius 2 is 1.55 bits per heavy atom. The minimum atomic E-state index is -0.898. The Balaban J connectivity index is 2.49. The van der Waals surface area contributed by atoms with E-state index in [1.54, 1.807) is 0 Å². The second-order valence-electron chi connectivity index (χ2n) is 4.00. The third-order valence-corrected chi connectivity index (χ3v) is 2.84. The molecule has 0 saturated carbocycles. The number of hydrogen-bond acceptors (Lipinski definition) is 3. The maximum Gasteiger partial charge on any atom is 0.199 e. The molecule has 0 N–H and O–H groups in total. The molecular weight excluding hydrogens is 266 g/mol. The fourth-order valence-corrected chi connectivity index (χ4v) is 1.84. The average Bonchev–Trinajstić information content (AvgIpc) is 2.46. The van der Waals surface area contributed by atoms with Crippen molar-refractivity contribution in [2.45, 2.75) is 0 Å². The summed E-state index contributed by atoms with van der Waals surface area (Å²) in [5, 5.41) is 0. The van der Waals surface area contributed by atoms with Crippen LogP contribution in [0.15, 0.2) is 36.4 Å². The topological polar surface area (TPSA) is 35.5 Å². The molecule has 0 aliphatic rings. The molecule has 5 heteroatoms. The lowest BCUT2D eigenvalue weighted by molar-refractivity contribution is 0.103. The molecule has 2 aromatic rings. The first-order valence-corrected chi connectivity index (χ1v) is 5.79. The van der Waals surface area contributed by atoms with Gasteiger partial charge in [-0.25, -0.2) is 8.78 Å². The van der Waals surface area contributed by atoms with Gasteiger partial charge >= 0.3 is 0 Å². The van der Waals surface area contributed by atoms with Gasteiger partial charge in [0.05, 0.1) is 19.8 Å². The van der Waals surface area contributed by atoms with Gasteiger partial charge in [0.1, 0.15) is 11.6 Å². The zero-order valence-corrected chi connectivity index (χ0v) is 10.9. The highest BCUT2D eigenvalue weighted by atomic mass is 19.1. The number of carbonyl (C=O) groups excluding carboxylic acids is 1. The molecule has 0 fully saturated rings. The normalized spacial score (nSPS) is 10.2. The molecule has 0 heterocycles. The SMILES string of the molecule is COc1ccc(C(=O)c2c(F)cccc2F)cc1OC. The van der Waals surface area contributed by atoms with E-state index in [4.69, 9.17) is 9.47 Å². The molecule has 0 aliphatic heterocycles. The van der Waals surface area contributed by atoms with Crippen LogP contribution in [0.5, 0.6) is 11.5 Å². The summed E-state index contributed by atoms with van der Waals surface area (Å²) in [5.41, 5.74) is -0.466. The summed E-state index contributed by atoms with van der Waals surface area (Å²) in [6.45, 7) is 0. The lowest BCUT2D eigenvalue weighted by Gasteiger charge is -2.09. The highest BCUT2D eigenvalue weighted by Gasteiger charge is 2.20. The van der Waals surface area contributed by atoms with Gasteiger partial charge in [-0.1, -0.05) is 6.07 Å². The lowest BCUT2D eigenvalue weighted by Crippen LogP contribution is -2.07. The standard InChI is InChI=1S/C15H12F2O3/c1-19-12-7-6-9(8-13(12)20-2)15(18)14-10(16)4-3-5-11(14)17/h3-8H,1-2H3. The second-order valence-corrected chi connectivity index (χ2v) is 4.00. The molecule has 3 nitrogen and oxygen atoms in total. The maximum absolute atomic E-state index is 13.6. The van der Waals surface area contributed by atoms with E-state index in [1.807, 2.05) is 0 Å². The van der Waals surface area contributed by atoms with Gasteiger partial charge in [-0.05, 0) is 30.3 Å². The van der Waals surface area contributed by atoms with Crippen molar-refractivity contribution >= 4 is 5.78 Å². The van der Waals surface area contributed by atoms with E-state index in [0.29, 0.717) is 11.5 Å². The van der Waals surface area contributed by atoms with Gasteiger partial charge in [0, 0.05) is 5.56 Å². The molecule has 104 valence electrons. The van der Waals surface area contributed by atoms with Crippen molar-refractivity contribution < 1.29 is 23.0 Å². The summed E-state index contributed by atoms with van der Waals surface area (Å²) in [6.07, 6.45) is 0. The van der Waals surface area contributed by atoms with Gasteiger partial charge in [0.2, 0.25) is 0 Å². The molecule has 0 amide bonds. The first-order chi connectivity index (χ1) is 9.58. The number of ketones is 1. The Kier molecular flexibility index (Phi) is 3.98. The Labute approximate surface area is 114 Å². The van der Waals surface area contributed by atoms with Crippen LogP contribution in [0, 0.1) is 11.6 Å². The number of rotatable bonds is 4. The largest absolute Gasteiger partial charge is 0.493 e. The summed E-state index contributed by atoms with van der Waals surface area (Å²) >= 11 is 0. The van der Waals surface area contributed by atoms with Gasteiger partial charge in [0.15, 0.2) is 17.3 Å². The monoisotopic (exact) mass is 278 g/mol. The van der Waals surface area contributed by atoms with Gasteiger partial charge in [-0.2, -0.15) is 0 Å². The van der Waals surface area contributed by atoms with E-state index < -0.39 is 23.0 Å². The van der Waals surface area contributed by atoms with Crippen molar-refractivity contribution in [1.29, 1.82) is 0 Å². The summed E-state index contributed by atoms with van der Waals surface area (Å²) in [4.78, 5) is 12.2. The summed E-state index contributed by atoms with van der Waals surface area (Å²) in [7, 11) is 2.87. The number of methoxy groups -OCH3 is 2. The Morgan fingerprint density at radius 1 is 0.950 bits per heavy atom. The van der Waals surface area contributed by atoms with Crippen LogP contribution in [-0.4, -0.2) is 20.0 Å². The van der Waals surface area contributed by atoms with Gasteiger partial charge in [-0.15, -0.1) is 0 Å². The van der Waals surface area contributed by atoms with Crippen molar-refractivity contribution in [1.82, 2.24) is 0 Å². The van der Waals surface area contributed by atoms with E-state index in [-0.39, 0.29) is 5.56 Å². The number of halogens is 2. The van der Waals surface area contributed by atoms with Gasteiger partial charge in [0.25, 0.3) is 0 Å². The Bertz CT molecular complexity index is 633. The molecular formula is C15H12F2O3. The van der Waals surface area contributed by atoms with Crippen LogP contribution in [0.25, 0.3) is 0 Å². The number of ether oxygens (including phenoxy) is 2. The third-order valence-electron chi connectivity index (χ3n) is 2.84. The highest BCUT2D eigenvalue weighted by Crippen LogP contribution is 2.29. The van der Waals surface area contributed by atoms with Crippen molar-refractivity contribution in [3.05, 3.63) is 59.2 Å². The van der Waals surface area contributed by atoms with Crippen LogP contribution in [0.1, 0.15) is 15.9 Å². The number of benzene rings is 2. The first-order valence-electron chi connectivity index (χ1n) is 5.79. The highest BCUT2D eigenvalue weighted by molar-refractivity contribution is 6.09. The maximum atomic E-state index is 13.6. The van der Waals surface area contributed by atoms with E-state index in [1.165, 1.54) is 38.5 Å². The molecule has 0 spiro atoms. The molecule has 20 heavy (non-hydrogen) atoms. The minimum absolute atomic E-state index is 0.117. The van der Waals surface area contributed by atoms with Crippen molar-refractivity contribution in [2.75, 3.05) is 14.2 Å². The van der Waals surface area contributed by atoms with Gasteiger partial charge in [-0.3, -0.25) is 4.79 Å². The Morgan fingerprint density at radius 3 is 2.10 bits per heavy atom. The molecule has 0 saturated heterocycles. The number of hydrogen-bond donors (Lipinski definition) is 0. The molecule has 0 aliphatic carbocycles. The molecule has 0 aromatic heterocycles. The van der Waals surface area contributed by atoms with E-state index in [2.05, 4.69) is 0 Å². The van der Waals surface area contributed by atoms with E-state index >= 15 is 0 Å². The fraction of sp³-hybridized carbons (Fsp3) is 0.133. The smallest absolute Gasteiger partial charge is 0.199 e. The molecule has 2 aromatic carbocycles. The number of carbonyl (C=O) groups is 1. The molecule has 0 radical (unpaired) electrons.